The lowest BCUT2D eigenvalue weighted by Crippen LogP contribution is -2.20. The lowest BCUT2D eigenvalue weighted by Gasteiger charge is -2.07. The number of carbonyl (C=O) groups excluding carboxylic acids is 1. The third-order valence-corrected chi connectivity index (χ3v) is 4.26. The molecule has 0 aliphatic heterocycles. The van der Waals surface area contributed by atoms with Crippen molar-refractivity contribution in [2.24, 2.45) is 0 Å². The van der Waals surface area contributed by atoms with Gasteiger partial charge >= 0.3 is 0 Å². The maximum Gasteiger partial charge on any atom is 0.246 e. The van der Waals surface area contributed by atoms with Gasteiger partial charge in [0.05, 0.1) is 10.7 Å². The summed E-state index contributed by atoms with van der Waals surface area (Å²) in [6, 6.07) is 8.29. The van der Waals surface area contributed by atoms with Gasteiger partial charge in [-0.05, 0) is 42.5 Å². The Kier molecular flexibility index (Phi) is 5.03. The van der Waals surface area contributed by atoms with Crippen LogP contribution in [-0.2, 0) is 11.3 Å². The van der Waals surface area contributed by atoms with Gasteiger partial charge < -0.3 is 11.2 Å². The Hall–Kier alpha value is -2.42. The predicted octanol–water partition coefficient (Wildman–Crippen LogP) is 3.14. The van der Waals surface area contributed by atoms with E-state index < -0.39 is 0 Å². The number of amides is 1. The minimum Gasteiger partial charge on any atom is -0.335 e. The van der Waals surface area contributed by atoms with Crippen LogP contribution in [0.1, 0.15) is 0 Å². The molecule has 0 radical (unpaired) electrons. The zero-order valence-electron chi connectivity index (χ0n) is 12.7. The number of carbonyl (C=O) groups is 1. The first-order valence-electron chi connectivity index (χ1n) is 7.06. The average Bonchev–Trinajstić information content (AvgIpc) is 2.87. The van der Waals surface area contributed by atoms with Crippen LogP contribution in [0.5, 0.6) is 0 Å². The van der Waals surface area contributed by atoms with E-state index in [2.05, 4.69) is 15.4 Å². The van der Waals surface area contributed by atoms with Crippen LogP contribution in [-0.4, -0.2) is 25.3 Å². The van der Waals surface area contributed by atoms with Gasteiger partial charge in [0, 0.05) is 23.0 Å². The van der Waals surface area contributed by atoms with Gasteiger partial charge in [-0.1, -0.05) is 23.2 Å². The van der Waals surface area contributed by atoms with Crippen molar-refractivity contribution in [3.63, 3.8) is 0 Å². The van der Waals surface area contributed by atoms with Gasteiger partial charge in [0.15, 0.2) is 5.82 Å². The fourth-order valence-electron chi connectivity index (χ4n) is 2.14. The molecule has 1 aromatic carbocycles. The number of hydrogen-bond donors (Lipinski definition) is 2. The van der Waals surface area contributed by atoms with Crippen molar-refractivity contribution >= 4 is 47.0 Å². The quantitative estimate of drug-likeness (QED) is 0.523. The number of rotatable bonds is 4. The zero-order chi connectivity index (χ0) is 18.0. The normalized spacial score (nSPS) is 10.6. The Morgan fingerprint density at radius 1 is 1.24 bits per heavy atom. The summed E-state index contributed by atoms with van der Waals surface area (Å²) < 4.78 is 2.79. The Bertz CT molecular complexity index is 985. The molecule has 0 spiro atoms. The van der Waals surface area contributed by atoms with Crippen LogP contribution in [0.25, 0.3) is 11.4 Å². The molecule has 10 heteroatoms. The van der Waals surface area contributed by atoms with Gasteiger partial charge in [-0.25, -0.2) is 9.36 Å². The summed E-state index contributed by atoms with van der Waals surface area (Å²) in [7, 11) is 0. The molecule has 2 aromatic heterocycles. The van der Waals surface area contributed by atoms with Gasteiger partial charge in [0.1, 0.15) is 6.54 Å². The maximum atomic E-state index is 12.3. The highest BCUT2D eigenvalue weighted by Crippen LogP contribution is 2.25. The Labute approximate surface area is 158 Å². The highest BCUT2D eigenvalue weighted by atomic mass is 35.5. The molecular weight excluding hydrogens is 383 g/mol. The highest BCUT2D eigenvalue weighted by molar-refractivity contribution is 7.71. The van der Waals surface area contributed by atoms with Crippen LogP contribution < -0.4 is 11.2 Å². The molecule has 3 rings (SSSR count). The minimum absolute atomic E-state index is 0.111. The summed E-state index contributed by atoms with van der Waals surface area (Å²) >= 11 is 17.1. The third kappa shape index (κ3) is 3.81. The van der Waals surface area contributed by atoms with E-state index in [4.69, 9.17) is 41.3 Å². The molecule has 0 atom stereocenters. The van der Waals surface area contributed by atoms with E-state index in [9.17, 15) is 4.79 Å². The molecule has 0 unspecified atom stereocenters. The lowest BCUT2D eigenvalue weighted by atomic mass is 10.2. The van der Waals surface area contributed by atoms with E-state index in [0.29, 0.717) is 21.6 Å². The largest absolute Gasteiger partial charge is 0.335 e. The number of nitrogens with one attached hydrogen (secondary N) is 1. The second-order valence-electron chi connectivity index (χ2n) is 5.04. The minimum atomic E-state index is -0.347. The second-order valence-corrected chi connectivity index (χ2v) is 6.25. The van der Waals surface area contributed by atoms with Crippen LogP contribution in [0.3, 0.4) is 0 Å². The molecule has 7 nitrogen and oxygen atoms in total. The number of pyridine rings is 1. The van der Waals surface area contributed by atoms with Gasteiger partial charge in [0.25, 0.3) is 0 Å². The van der Waals surface area contributed by atoms with Crippen LogP contribution >= 0.6 is 35.4 Å². The van der Waals surface area contributed by atoms with Crippen molar-refractivity contribution in [1.29, 1.82) is 0 Å². The first-order chi connectivity index (χ1) is 12.0. The predicted molar refractivity (Wildman–Crippen MR) is 99.5 cm³/mol. The molecule has 0 fully saturated rings. The van der Waals surface area contributed by atoms with Crippen LogP contribution in [0.15, 0.2) is 42.7 Å². The summed E-state index contributed by atoms with van der Waals surface area (Å²) in [5.74, 6) is 6.03. The molecule has 2 heterocycles. The molecule has 0 aliphatic carbocycles. The van der Waals surface area contributed by atoms with Gasteiger partial charge in [-0.15, -0.1) is 5.10 Å². The number of nitrogen functional groups attached to an aromatic ring is 1. The highest BCUT2D eigenvalue weighted by Gasteiger charge is 2.14. The Morgan fingerprint density at radius 2 is 1.96 bits per heavy atom. The molecule has 1 amide bonds. The molecule has 128 valence electrons. The second kappa shape index (κ2) is 7.22. The van der Waals surface area contributed by atoms with Crippen molar-refractivity contribution < 1.29 is 4.79 Å². The number of halogens is 2. The molecule has 0 bridgehead atoms. The van der Waals surface area contributed by atoms with Gasteiger partial charge in [0.2, 0.25) is 10.7 Å². The number of nitrogens with two attached hydrogens (primary N) is 1. The monoisotopic (exact) mass is 394 g/mol. The number of aromatic nitrogens is 4. The zero-order valence-corrected chi connectivity index (χ0v) is 15.0. The van der Waals surface area contributed by atoms with E-state index in [1.54, 1.807) is 42.7 Å². The maximum absolute atomic E-state index is 12.3. The van der Waals surface area contributed by atoms with Crippen molar-refractivity contribution in [3.8, 4) is 11.4 Å². The Balaban J connectivity index is 1.81. The molecule has 0 aliphatic rings. The average molecular weight is 395 g/mol. The van der Waals surface area contributed by atoms with Crippen LogP contribution in [0, 0.1) is 4.77 Å². The summed E-state index contributed by atoms with van der Waals surface area (Å²) in [5, 5.41) is 7.81. The van der Waals surface area contributed by atoms with Crippen molar-refractivity contribution in [1.82, 2.24) is 19.4 Å². The number of nitrogens with zero attached hydrogens (tertiary/aromatic N) is 4. The molecule has 0 saturated carbocycles. The van der Waals surface area contributed by atoms with Crippen molar-refractivity contribution in [2.45, 2.75) is 6.54 Å². The van der Waals surface area contributed by atoms with Crippen molar-refractivity contribution in [2.75, 3.05) is 11.2 Å². The lowest BCUT2D eigenvalue weighted by molar-refractivity contribution is -0.116. The van der Waals surface area contributed by atoms with Gasteiger partial charge in [-0.3, -0.25) is 9.78 Å². The first kappa shape index (κ1) is 17.4. The molecule has 25 heavy (non-hydrogen) atoms. The topological polar surface area (TPSA) is 90.8 Å². The fourth-order valence-corrected chi connectivity index (χ4v) is 2.79. The van der Waals surface area contributed by atoms with E-state index >= 15 is 0 Å². The number of anilines is 1. The summed E-state index contributed by atoms with van der Waals surface area (Å²) in [4.78, 5) is 16.2. The van der Waals surface area contributed by atoms with Gasteiger partial charge in [-0.2, -0.15) is 0 Å². The van der Waals surface area contributed by atoms with Crippen LogP contribution in [0.2, 0.25) is 10.0 Å². The summed E-state index contributed by atoms with van der Waals surface area (Å²) in [5.41, 5.74) is 1.19. The molecular formula is C15H12Cl2N6OS. The fraction of sp³-hybridized carbons (Fsp3) is 0.0667. The van der Waals surface area contributed by atoms with E-state index in [0.717, 1.165) is 5.56 Å². The third-order valence-electron chi connectivity index (χ3n) is 3.31. The molecule has 0 saturated heterocycles. The standard InChI is InChI=1S/C15H12Cl2N6OS/c16-10-1-2-12(11(17)7-10)20-13(24)8-22-15(25)23(18)14(21-22)9-3-5-19-6-4-9/h1-7H,8,18H2,(H,20,24). The molecule has 3 aromatic rings. The number of hydrogen-bond acceptors (Lipinski definition) is 5. The SMILES string of the molecule is Nn1c(-c2ccncc2)nn(CC(=O)Nc2ccc(Cl)cc2Cl)c1=S. The number of benzene rings is 1. The van der Waals surface area contributed by atoms with Crippen molar-refractivity contribution in [3.05, 3.63) is 57.5 Å². The van der Waals surface area contributed by atoms with E-state index in [-0.39, 0.29) is 17.2 Å². The van der Waals surface area contributed by atoms with Crippen LogP contribution in [0.4, 0.5) is 5.69 Å². The smallest absolute Gasteiger partial charge is 0.246 e. The first-order valence-corrected chi connectivity index (χ1v) is 8.22. The summed E-state index contributed by atoms with van der Waals surface area (Å²) in [6.07, 6.45) is 3.24. The summed E-state index contributed by atoms with van der Waals surface area (Å²) in [6.45, 7) is -0.111. The van der Waals surface area contributed by atoms with E-state index in [1.165, 1.54) is 9.36 Å². The Morgan fingerprint density at radius 3 is 2.64 bits per heavy atom. The van der Waals surface area contributed by atoms with E-state index in [1.807, 2.05) is 0 Å². The molecule has 3 N–H and O–H groups in total.